The van der Waals surface area contributed by atoms with E-state index in [-0.39, 0.29) is 42.2 Å². The van der Waals surface area contributed by atoms with Crippen molar-refractivity contribution in [2.45, 2.75) is 46.6 Å². The molecule has 0 radical (unpaired) electrons. The number of likely N-dealkylation sites (tertiary alicyclic amines) is 1. The highest BCUT2D eigenvalue weighted by Crippen LogP contribution is 2.26. The van der Waals surface area contributed by atoms with Gasteiger partial charge in [-0.15, -0.1) is 24.8 Å². The summed E-state index contributed by atoms with van der Waals surface area (Å²) in [4.78, 5) is 14.6. The topological polar surface area (TPSA) is 44.4 Å². The van der Waals surface area contributed by atoms with Gasteiger partial charge in [-0.2, -0.15) is 0 Å². The van der Waals surface area contributed by atoms with E-state index in [0.717, 1.165) is 38.0 Å². The van der Waals surface area contributed by atoms with Gasteiger partial charge < -0.3 is 10.6 Å². The fourth-order valence-electron chi connectivity index (χ4n) is 3.15. The van der Waals surface area contributed by atoms with E-state index in [1.54, 1.807) is 0 Å². The van der Waals surface area contributed by atoms with E-state index < -0.39 is 0 Å². The van der Waals surface area contributed by atoms with Crippen LogP contribution in [0, 0.1) is 17.8 Å². The highest BCUT2D eigenvalue weighted by molar-refractivity contribution is 5.85. The predicted molar refractivity (Wildman–Crippen MR) is 99.2 cm³/mol. The molecule has 1 rings (SSSR count). The third-order valence-electron chi connectivity index (χ3n) is 4.38. The van der Waals surface area contributed by atoms with Crippen LogP contribution in [-0.4, -0.2) is 49.6 Å². The van der Waals surface area contributed by atoms with Gasteiger partial charge in [0.05, 0.1) is 0 Å². The van der Waals surface area contributed by atoms with Gasteiger partial charge in [0, 0.05) is 37.6 Å². The van der Waals surface area contributed by atoms with Crippen molar-refractivity contribution in [3.05, 3.63) is 0 Å². The molecule has 3 unspecified atom stereocenters. The smallest absolute Gasteiger partial charge is 0.224 e. The summed E-state index contributed by atoms with van der Waals surface area (Å²) in [5.74, 6) is 1.66. The summed E-state index contributed by atoms with van der Waals surface area (Å²) in [7, 11) is 1.88. The lowest BCUT2D eigenvalue weighted by molar-refractivity contribution is -0.125. The molecule has 0 aromatic heterocycles. The van der Waals surface area contributed by atoms with Gasteiger partial charge in [-0.1, -0.05) is 20.8 Å². The fraction of sp³-hybridized carbons (Fsp3) is 0.938. The minimum Gasteiger partial charge on any atom is -0.354 e. The number of carbonyl (C=O) groups excluding carboxylic acids is 1. The Morgan fingerprint density at radius 1 is 1.23 bits per heavy atom. The van der Waals surface area contributed by atoms with Crippen LogP contribution >= 0.6 is 24.8 Å². The third kappa shape index (κ3) is 7.49. The van der Waals surface area contributed by atoms with E-state index in [1.165, 1.54) is 6.42 Å². The van der Waals surface area contributed by atoms with Crippen molar-refractivity contribution in [1.82, 2.24) is 15.5 Å². The highest BCUT2D eigenvalue weighted by atomic mass is 35.5. The first kappa shape index (κ1) is 24.2. The van der Waals surface area contributed by atoms with Crippen LogP contribution < -0.4 is 10.6 Å². The zero-order chi connectivity index (χ0) is 15.3. The average molecular weight is 356 g/mol. The largest absolute Gasteiger partial charge is 0.354 e. The molecule has 0 aromatic rings. The molecule has 0 bridgehead atoms. The van der Waals surface area contributed by atoms with E-state index in [4.69, 9.17) is 0 Å². The number of amides is 1. The average Bonchev–Trinajstić information content (AvgIpc) is 2.35. The maximum absolute atomic E-state index is 12.0. The Bertz CT molecular complexity index is 317. The van der Waals surface area contributed by atoms with E-state index in [2.05, 4.69) is 43.2 Å². The van der Waals surface area contributed by atoms with E-state index in [1.807, 2.05) is 14.0 Å². The van der Waals surface area contributed by atoms with Crippen LogP contribution in [0.1, 0.15) is 41.0 Å². The molecule has 3 atom stereocenters. The fourth-order valence-corrected chi connectivity index (χ4v) is 3.15. The first-order valence-electron chi connectivity index (χ1n) is 7.93. The second-order valence-corrected chi connectivity index (χ2v) is 7.34. The number of nitrogens with zero attached hydrogens (tertiary/aromatic N) is 1. The second kappa shape index (κ2) is 10.7. The van der Waals surface area contributed by atoms with Crippen LogP contribution in [0.15, 0.2) is 0 Å². The molecule has 0 aromatic carbocycles. The summed E-state index contributed by atoms with van der Waals surface area (Å²) < 4.78 is 0. The number of hydrogen-bond donors (Lipinski definition) is 2. The molecule has 0 saturated carbocycles. The van der Waals surface area contributed by atoms with Crippen LogP contribution in [0.25, 0.3) is 0 Å². The van der Waals surface area contributed by atoms with Crippen molar-refractivity contribution in [3.63, 3.8) is 0 Å². The summed E-state index contributed by atoms with van der Waals surface area (Å²) in [6.07, 6.45) is 1.32. The lowest BCUT2D eigenvalue weighted by Crippen LogP contribution is -2.56. The lowest BCUT2D eigenvalue weighted by Gasteiger charge is -2.45. The number of nitrogens with one attached hydrogen (secondary N) is 2. The molecule has 0 aliphatic carbocycles. The van der Waals surface area contributed by atoms with Crippen molar-refractivity contribution in [3.8, 4) is 0 Å². The summed E-state index contributed by atoms with van der Waals surface area (Å²) in [6.45, 7) is 14.8. The number of piperidine rings is 1. The number of hydrogen-bond acceptors (Lipinski definition) is 3. The van der Waals surface area contributed by atoms with Crippen LogP contribution in [0.3, 0.4) is 0 Å². The lowest BCUT2D eigenvalue weighted by atomic mass is 9.88. The molecule has 22 heavy (non-hydrogen) atoms. The van der Waals surface area contributed by atoms with Crippen molar-refractivity contribution >= 4 is 30.7 Å². The molecule has 6 heteroatoms. The van der Waals surface area contributed by atoms with Gasteiger partial charge in [0.2, 0.25) is 5.91 Å². The first-order chi connectivity index (χ1) is 9.26. The highest BCUT2D eigenvalue weighted by Gasteiger charge is 2.33. The maximum Gasteiger partial charge on any atom is 0.224 e. The van der Waals surface area contributed by atoms with Crippen molar-refractivity contribution in [1.29, 1.82) is 0 Å². The summed E-state index contributed by atoms with van der Waals surface area (Å²) in [6, 6.07) is 0. The molecule has 4 nitrogen and oxygen atoms in total. The van der Waals surface area contributed by atoms with Crippen LogP contribution in [0.4, 0.5) is 0 Å². The predicted octanol–water partition coefficient (Wildman–Crippen LogP) is 2.56. The van der Waals surface area contributed by atoms with E-state index >= 15 is 0 Å². The summed E-state index contributed by atoms with van der Waals surface area (Å²) >= 11 is 0. The van der Waals surface area contributed by atoms with Crippen LogP contribution in [0.2, 0.25) is 0 Å². The Morgan fingerprint density at radius 2 is 1.73 bits per heavy atom. The molecule has 1 heterocycles. The van der Waals surface area contributed by atoms with Crippen LogP contribution in [0.5, 0.6) is 0 Å². The summed E-state index contributed by atoms with van der Waals surface area (Å²) in [5, 5.41) is 6.16. The molecule has 1 fully saturated rings. The third-order valence-corrected chi connectivity index (χ3v) is 4.38. The zero-order valence-electron chi connectivity index (χ0n) is 14.9. The second-order valence-electron chi connectivity index (χ2n) is 7.34. The molecular formula is C16H35Cl2N3O. The van der Waals surface area contributed by atoms with Gasteiger partial charge in [-0.3, -0.25) is 9.69 Å². The van der Waals surface area contributed by atoms with Crippen molar-refractivity contribution < 1.29 is 4.79 Å². The minimum atomic E-state index is 0. The SMILES string of the molecule is CNCC(C)C(=O)NCC(C)(C)N1CC(C)CC(C)C1.Cl.Cl. The molecule has 2 N–H and O–H groups in total. The quantitative estimate of drug-likeness (QED) is 0.769. The normalized spacial score (nSPS) is 23.9. The van der Waals surface area contributed by atoms with Gasteiger partial charge in [0.25, 0.3) is 0 Å². The molecule has 134 valence electrons. The van der Waals surface area contributed by atoms with Crippen LogP contribution in [-0.2, 0) is 4.79 Å². The Balaban J connectivity index is 0. The minimum absolute atomic E-state index is 0. The monoisotopic (exact) mass is 355 g/mol. The summed E-state index contributed by atoms with van der Waals surface area (Å²) in [5.41, 5.74) is 0.0258. The molecule has 1 aliphatic heterocycles. The van der Waals surface area contributed by atoms with E-state index in [0.29, 0.717) is 0 Å². The Morgan fingerprint density at radius 3 is 2.18 bits per heavy atom. The number of halogens is 2. The van der Waals surface area contributed by atoms with Crippen molar-refractivity contribution in [2.75, 3.05) is 33.2 Å². The zero-order valence-corrected chi connectivity index (χ0v) is 16.6. The molecule has 0 spiro atoms. The van der Waals surface area contributed by atoms with Crippen molar-refractivity contribution in [2.24, 2.45) is 17.8 Å². The van der Waals surface area contributed by atoms with Gasteiger partial charge >= 0.3 is 0 Å². The molecular weight excluding hydrogens is 321 g/mol. The standard InChI is InChI=1S/C16H33N3O.2ClH/c1-12-7-13(2)10-19(9-12)16(4,5)11-18-15(20)14(3)8-17-6;;/h12-14,17H,7-11H2,1-6H3,(H,18,20);2*1H. The Hall–Kier alpha value is -0.0300. The van der Waals surface area contributed by atoms with Gasteiger partial charge in [-0.05, 0) is 39.2 Å². The number of rotatable bonds is 6. The first-order valence-corrected chi connectivity index (χ1v) is 7.93. The Labute approximate surface area is 149 Å². The van der Waals surface area contributed by atoms with Gasteiger partial charge in [0.1, 0.15) is 0 Å². The van der Waals surface area contributed by atoms with E-state index in [9.17, 15) is 4.79 Å². The molecule has 1 aliphatic rings. The van der Waals surface area contributed by atoms with Gasteiger partial charge in [-0.25, -0.2) is 0 Å². The number of carbonyl (C=O) groups is 1. The molecule has 1 saturated heterocycles. The maximum atomic E-state index is 12.0. The Kier molecular flexibility index (Phi) is 11.8. The molecule has 1 amide bonds. The van der Waals surface area contributed by atoms with Gasteiger partial charge in [0.15, 0.2) is 0 Å².